The second kappa shape index (κ2) is 7.94. The van der Waals surface area contributed by atoms with Crippen molar-refractivity contribution < 1.29 is 5.11 Å². The van der Waals surface area contributed by atoms with Crippen LogP contribution in [0.15, 0.2) is 42.6 Å². The van der Waals surface area contributed by atoms with Crippen LogP contribution >= 0.6 is 0 Å². The molecule has 0 bridgehead atoms. The van der Waals surface area contributed by atoms with Gasteiger partial charge in [0.25, 0.3) is 0 Å². The van der Waals surface area contributed by atoms with E-state index in [9.17, 15) is 5.11 Å². The molecule has 2 rings (SSSR count). The van der Waals surface area contributed by atoms with Crippen LogP contribution in [0.5, 0.6) is 0 Å². The first-order valence-corrected chi connectivity index (χ1v) is 7.98. The van der Waals surface area contributed by atoms with Crippen molar-refractivity contribution in [3.05, 3.63) is 53.9 Å². The molecule has 1 atom stereocenters. The third-order valence-electron chi connectivity index (χ3n) is 3.88. The highest BCUT2D eigenvalue weighted by molar-refractivity contribution is 5.62. The van der Waals surface area contributed by atoms with Crippen LogP contribution < -0.4 is 0 Å². The molecule has 21 heavy (non-hydrogen) atoms. The van der Waals surface area contributed by atoms with Crippen LogP contribution in [0, 0.1) is 0 Å². The van der Waals surface area contributed by atoms with E-state index < -0.39 is 0 Å². The van der Waals surface area contributed by atoms with Gasteiger partial charge in [-0.25, -0.2) is 0 Å². The van der Waals surface area contributed by atoms with Crippen molar-refractivity contribution >= 4 is 0 Å². The quantitative estimate of drug-likeness (QED) is 0.731. The van der Waals surface area contributed by atoms with Gasteiger partial charge in [0.2, 0.25) is 0 Å². The zero-order valence-corrected chi connectivity index (χ0v) is 13.0. The standard InChI is InChI=1S/C19H25NO/c1-3-5-6-7-18-13-12-17(14-20-18)15-8-10-16(11-9-15)19(21)4-2/h8-14,19,21H,3-7H2,1-2H3. The Hall–Kier alpha value is -1.67. The summed E-state index contributed by atoms with van der Waals surface area (Å²) < 4.78 is 0. The molecule has 1 unspecified atom stereocenters. The van der Waals surface area contributed by atoms with Crippen LogP contribution in [0.2, 0.25) is 0 Å². The number of benzene rings is 1. The van der Waals surface area contributed by atoms with E-state index in [0.717, 1.165) is 29.5 Å². The Balaban J connectivity index is 2.04. The lowest BCUT2D eigenvalue weighted by molar-refractivity contribution is 0.173. The van der Waals surface area contributed by atoms with Gasteiger partial charge in [0, 0.05) is 17.5 Å². The first kappa shape index (κ1) is 15.7. The molecule has 2 aromatic rings. The number of hydrogen-bond acceptors (Lipinski definition) is 2. The van der Waals surface area contributed by atoms with Crippen molar-refractivity contribution in [3.63, 3.8) is 0 Å². The topological polar surface area (TPSA) is 33.1 Å². The van der Waals surface area contributed by atoms with Crippen molar-refractivity contribution in [1.29, 1.82) is 0 Å². The number of hydrogen-bond donors (Lipinski definition) is 1. The Kier molecular flexibility index (Phi) is 5.94. The van der Waals surface area contributed by atoms with E-state index in [1.807, 2.05) is 25.3 Å². The largest absolute Gasteiger partial charge is 0.388 e. The van der Waals surface area contributed by atoms with E-state index in [4.69, 9.17) is 0 Å². The summed E-state index contributed by atoms with van der Waals surface area (Å²) in [4.78, 5) is 4.55. The molecular formula is C19H25NO. The average molecular weight is 283 g/mol. The molecule has 0 radical (unpaired) electrons. The SMILES string of the molecule is CCCCCc1ccc(-c2ccc(C(O)CC)cc2)cn1. The lowest BCUT2D eigenvalue weighted by atomic mass is 10.0. The van der Waals surface area contributed by atoms with Gasteiger partial charge in [-0.1, -0.05) is 57.0 Å². The maximum Gasteiger partial charge on any atom is 0.0787 e. The highest BCUT2D eigenvalue weighted by atomic mass is 16.3. The number of rotatable bonds is 7. The maximum absolute atomic E-state index is 9.82. The van der Waals surface area contributed by atoms with Crippen LogP contribution in [0.3, 0.4) is 0 Å². The first-order valence-electron chi connectivity index (χ1n) is 7.98. The molecule has 0 aliphatic heterocycles. The molecule has 1 aromatic carbocycles. The predicted octanol–water partition coefficient (Wildman–Crippen LogP) is 4.92. The highest BCUT2D eigenvalue weighted by Gasteiger charge is 2.05. The minimum absolute atomic E-state index is 0.363. The fraction of sp³-hybridized carbons (Fsp3) is 0.421. The molecular weight excluding hydrogens is 258 g/mol. The maximum atomic E-state index is 9.82. The molecule has 2 heteroatoms. The average Bonchev–Trinajstić information content (AvgIpc) is 2.55. The highest BCUT2D eigenvalue weighted by Crippen LogP contribution is 2.23. The summed E-state index contributed by atoms with van der Waals surface area (Å²) in [7, 11) is 0. The van der Waals surface area contributed by atoms with Gasteiger partial charge in [-0.3, -0.25) is 4.98 Å². The van der Waals surface area contributed by atoms with Crippen molar-refractivity contribution in [1.82, 2.24) is 4.98 Å². The van der Waals surface area contributed by atoms with Crippen LogP contribution in [-0.4, -0.2) is 10.1 Å². The molecule has 2 nitrogen and oxygen atoms in total. The number of nitrogens with zero attached hydrogens (tertiary/aromatic N) is 1. The fourth-order valence-corrected chi connectivity index (χ4v) is 2.43. The number of aromatic nitrogens is 1. The Morgan fingerprint density at radius 3 is 2.24 bits per heavy atom. The molecule has 0 amide bonds. The molecule has 0 saturated carbocycles. The summed E-state index contributed by atoms with van der Waals surface area (Å²) in [6, 6.07) is 12.4. The van der Waals surface area contributed by atoms with E-state index in [-0.39, 0.29) is 6.10 Å². The van der Waals surface area contributed by atoms with E-state index in [0.29, 0.717) is 0 Å². The number of unbranched alkanes of at least 4 members (excludes halogenated alkanes) is 2. The molecule has 1 aromatic heterocycles. The normalized spacial score (nSPS) is 12.3. The second-order valence-electron chi connectivity index (χ2n) is 5.54. The Morgan fingerprint density at radius 1 is 0.952 bits per heavy atom. The van der Waals surface area contributed by atoms with Gasteiger partial charge in [0.1, 0.15) is 0 Å². The van der Waals surface area contributed by atoms with Gasteiger partial charge >= 0.3 is 0 Å². The van der Waals surface area contributed by atoms with E-state index in [2.05, 4.69) is 36.2 Å². The lowest BCUT2D eigenvalue weighted by Crippen LogP contribution is -1.94. The van der Waals surface area contributed by atoms with Gasteiger partial charge in [0.15, 0.2) is 0 Å². The van der Waals surface area contributed by atoms with Crippen LogP contribution in [0.4, 0.5) is 0 Å². The molecule has 112 valence electrons. The second-order valence-corrected chi connectivity index (χ2v) is 5.54. The summed E-state index contributed by atoms with van der Waals surface area (Å²) in [6.45, 7) is 4.20. The van der Waals surface area contributed by atoms with Crippen LogP contribution in [-0.2, 0) is 6.42 Å². The summed E-state index contributed by atoms with van der Waals surface area (Å²) in [5.41, 5.74) is 4.43. The Morgan fingerprint density at radius 2 is 1.67 bits per heavy atom. The monoisotopic (exact) mass is 283 g/mol. The third kappa shape index (κ3) is 4.40. The summed E-state index contributed by atoms with van der Waals surface area (Å²) in [5, 5.41) is 9.82. The third-order valence-corrected chi connectivity index (χ3v) is 3.88. The fourth-order valence-electron chi connectivity index (χ4n) is 2.43. The summed E-state index contributed by atoms with van der Waals surface area (Å²) in [5.74, 6) is 0. The lowest BCUT2D eigenvalue weighted by Gasteiger charge is -2.09. The molecule has 1 N–H and O–H groups in total. The first-order chi connectivity index (χ1) is 10.2. The van der Waals surface area contributed by atoms with Gasteiger partial charge in [-0.05, 0) is 36.5 Å². The number of aryl methyl sites for hydroxylation is 1. The van der Waals surface area contributed by atoms with Crippen molar-refractivity contribution in [2.45, 2.75) is 52.1 Å². The molecule has 0 fully saturated rings. The predicted molar refractivity (Wildman–Crippen MR) is 88.2 cm³/mol. The Labute approximate surface area is 127 Å². The number of pyridine rings is 1. The molecule has 0 saturated heterocycles. The molecule has 0 spiro atoms. The number of aliphatic hydroxyl groups excluding tert-OH is 1. The van der Waals surface area contributed by atoms with E-state index >= 15 is 0 Å². The number of aliphatic hydroxyl groups is 1. The van der Waals surface area contributed by atoms with Gasteiger partial charge in [-0.15, -0.1) is 0 Å². The van der Waals surface area contributed by atoms with Gasteiger partial charge < -0.3 is 5.11 Å². The van der Waals surface area contributed by atoms with Crippen molar-refractivity contribution in [2.75, 3.05) is 0 Å². The molecule has 1 heterocycles. The summed E-state index contributed by atoms with van der Waals surface area (Å²) in [6.07, 6.45) is 7.12. The van der Waals surface area contributed by atoms with Gasteiger partial charge in [0.05, 0.1) is 6.10 Å². The molecule has 0 aliphatic carbocycles. The van der Waals surface area contributed by atoms with Gasteiger partial charge in [-0.2, -0.15) is 0 Å². The molecule has 0 aliphatic rings. The smallest absolute Gasteiger partial charge is 0.0787 e. The zero-order chi connectivity index (χ0) is 15.1. The van der Waals surface area contributed by atoms with Crippen molar-refractivity contribution in [3.8, 4) is 11.1 Å². The van der Waals surface area contributed by atoms with E-state index in [1.165, 1.54) is 25.0 Å². The summed E-state index contributed by atoms with van der Waals surface area (Å²) >= 11 is 0. The van der Waals surface area contributed by atoms with Crippen LogP contribution in [0.25, 0.3) is 11.1 Å². The Bertz CT molecular complexity index is 530. The van der Waals surface area contributed by atoms with Crippen LogP contribution in [0.1, 0.15) is 56.9 Å². The van der Waals surface area contributed by atoms with E-state index in [1.54, 1.807) is 0 Å². The van der Waals surface area contributed by atoms with Crippen molar-refractivity contribution in [2.24, 2.45) is 0 Å². The minimum Gasteiger partial charge on any atom is -0.388 e. The minimum atomic E-state index is -0.363. The zero-order valence-electron chi connectivity index (χ0n) is 13.0.